The van der Waals surface area contributed by atoms with Crippen LogP contribution in [-0.4, -0.2) is 29.9 Å². The molecule has 4 heteroatoms. The fourth-order valence-corrected chi connectivity index (χ4v) is 3.66. The second kappa shape index (κ2) is 7.73. The molecule has 0 unspecified atom stereocenters. The molecule has 1 saturated heterocycles. The van der Waals surface area contributed by atoms with Crippen molar-refractivity contribution in [3.05, 3.63) is 71.3 Å². The van der Waals surface area contributed by atoms with Gasteiger partial charge >= 0.3 is 5.97 Å². The van der Waals surface area contributed by atoms with E-state index in [2.05, 4.69) is 0 Å². The number of carbonyl (C=O) groups is 2. The first-order chi connectivity index (χ1) is 12.5. The fourth-order valence-electron chi connectivity index (χ4n) is 3.66. The Balaban J connectivity index is 1.80. The zero-order chi connectivity index (χ0) is 18.6. The lowest BCUT2D eigenvalue weighted by atomic mass is 9.72. The van der Waals surface area contributed by atoms with E-state index >= 15 is 0 Å². The maximum absolute atomic E-state index is 13.1. The van der Waals surface area contributed by atoms with E-state index in [4.69, 9.17) is 4.74 Å². The lowest BCUT2D eigenvalue weighted by Crippen LogP contribution is -2.49. The van der Waals surface area contributed by atoms with E-state index in [1.54, 1.807) is 11.8 Å². The third-order valence-corrected chi connectivity index (χ3v) is 5.23. The molecule has 0 N–H and O–H groups in total. The van der Waals surface area contributed by atoms with Gasteiger partial charge in [0.2, 0.25) is 5.91 Å². The molecule has 2 aromatic carbocycles. The Labute approximate surface area is 154 Å². The zero-order valence-corrected chi connectivity index (χ0v) is 15.4. The molecular formula is C22H25NO3. The third-order valence-electron chi connectivity index (χ3n) is 5.23. The standard InChI is InChI=1S/C22H25NO3/c1-17-7-6-8-19(15-17)16-26-21(25)22(20-9-4-3-5-10-20)11-13-23(14-12-22)18(2)24/h3-10,15H,11-14,16H2,1-2H3. The van der Waals surface area contributed by atoms with Crippen molar-refractivity contribution in [2.75, 3.05) is 13.1 Å². The van der Waals surface area contributed by atoms with Gasteiger partial charge in [0.1, 0.15) is 6.61 Å². The highest BCUT2D eigenvalue weighted by Gasteiger charge is 2.44. The maximum atomic E-state index is 13.1. The Morgan fingerprint density at radius 2 is 1.73 bits per heavy atom. The summed E-state index contributed by atoms with van der Waals surface area (Å²) in [5.74, 6) is -0.145. The highest BCUT2D eigenvalue weighted by atomic mass is 16.5. The predicted octanol–water partition coefficient (Wildman–Crippen LogP) is 3.62. The lowest BCUT2D eigenvalue weighted by molar-refractivity contribution is -0.155. The fraction of sp³-hybridized carbons (Fsp3) is 0.364. The number of likely N-dealkylation sites (tertiary alicyclic amines) is 1. The number of ether oxygens (including phenoxy) is 1. The molecule has 1 aliphatic heterocycles. The van der Waals surface area contributed by atoms with Gasteiger partial charge in [0, 0.05) is 20.0 Å². The number of hydrogen-bond acceptors (Lipinski definition) is 3. The van der Waals surface area contributed by atoms with Gasteiger partial charge < -0.3 is 9.64 Å². The maximum Gasteiger partial charge on any atom is 0.317 e. The molecule has 0 bridgehead atoms. The molecule has 1 aliphatic rings. The summed E-state index contributed by atoms with van der Waals surface area (Å²) in [4.78, 5) is 26.6. The van der Waals surface area contributed by atoms with E-state index in [-0.39, 0.29) is 18.5 Å². The minimum atomic E-state index is -0.683. The molecule has 1 fully saturated rings. The first-order valence-corrected chi connectivity index (χ1v) is 9.05. The molecule has 26 heavy (non-hydrogen) atoms. The highest BCUT2D eigenvalue weighted by molar-refractivity contribution is 5.84. The summed E-state index contributed by atoms with van der Waals surface area (Å²) < 4.78 is 5.73. The van der Waals surface area contributed by atoms with Crippen LogP contribution < -0.4 is 0 Å². The van der Waals surface area contributed by atoms with E-state index in [1.165, 1.54) is 0 Å². The van der Waals surface area contributed by atoms with Crippen LogP contribution in [0, 0.1) is 6.92 Å². The predicted molar refractivity (Wildman–Crippen MR) is 101 cm³/mol. The molecule has 1 amide bonds. The Morgan fingerprint density at radius 3 is 2.35 bits per heavy atom. The SMILES string of the molecule is CC(=O)N1CCC(C(=O)OCc2cccc(C)c2)(c2ccccc2)CC1. The summed E-state index contributed by atoms with van der Waals surface area (Å²) in [6.07, 6.45) is 1.17. The Morgan fingerprint density at radius 1 is 1.04 bits per heavy atom. The molecule has 4 nitrogen and oxygen atoms in total. The first kappa shape index (κ1) is 18.2. The van der Waals surface area contributed by atoms with Crippen molar-refractivity contribution in [2.45, 2.75) is 38.7 Å². The van der Waals surface area contributed by atoms with E-state index in [1.807, 2.05) is 61.5 Å². The van der Waals surface area contributed by atoms with Crippen LogP contribution in [-0.2, 0) is 26.3 Å². The van der Waals surface area contributed by atoms with Crippen LogP contribution in [0.2, 0.25) is 0 Å². The highest BCUT2D eigenvalue weighted by Crippen LogP contribution is 2.37. The van der Waals surface area contributed by atoms with Crippen LogP contribution >= 0.6 is 0 Å². The molecule has 3 rings (SSSR count). The van der Waals surface area contributed by atoms with Crippen LogP contribution in [0.25, 0.3) is 0 Å². The molecule has 0 saturated carbocycles. The van der Waals surface area contributed by atoms with Crippen molar-refractivity contribution < 1.29 is 14.3 Å². The number of aryl methyl sites for hydroxylation is 1. The second-order valence-corrected chi connectivity index (χ2v) is 7.02. The van der Waals surface area contributed by atoms with Crippen molar-refractivity contribution in [1.82, 2.24) is 4.90 Å². The van der Waals surface area contributed by atoms with Crippen LogP contribution in [0.1, 0.15) is 36.5 Å². The molecule has 0 aromatic heterocycles. The molecule has 2 aromatic rings. The minimum Gasteiger partial charge on any atom is -0.460 e. The largest absolute Gasteiger partial charge is 0.460 e. The molecule has 1 heterocycles. The van der Waals surface area contributed by atoms with Crippen molar-refractivity contribution in [3.63, 3.8) is 0 Å². The molecule has 136 valence electrons. The quantitative estimate of drug-likeness (QED) is 0.791. The smallest absolute Gasteiger partial charge is 0.317 e. The van der Waals surface area contributed by atoms with Gasteiger partial charge in [0.25, 0.3) is 0 Å². The van der Waals surface area contributed by atoms with E-state index in [0.717, 1.165) is 16.7 Å². The van der Waals surface area contributed by atoms with Gasteiger partial charge in [0.05, 0.1) is 5.41 Å². The Bertz CT molecular complexity index is 777. The summed E-state index contributed by atoms with van der Waals surface area (Å²) in [5.41, 5.74) is 2.42. The third kappa shape index (κ3) is 3.79. The number of hydrogen-bond donors (Lipinski definition) is 0. The topological polar surface area (TPSA) is 46.6 Å². The second-order valence-electron chi connectivity index (χ2n) is 7.02. The lowest BCUT2D eigenvalue weighted by Gasteiger charge is -2.40. The van der Waals surface area contributed by atoms with Crippen LogP contribution in [0.5, 0.6) is 0 Å². The van der Waals surface area contributed by atoms with Gasteiger partial charge in [-0.15, -0.1) is 0 Å². The average molecular weight is 351 g/mol. The van der Waals surface area contributed by atoms with Crippen LogP contribution in [0.3, 0.4) is 0 Å². The summed E-state index contributed by atoms with van der Waals surface area (Å²) in [5, 5.41) is 0. The number of benzene rings is 2. The molecule has 0 atom stereocenters. The van der Waals surface area contributed by atoms with Crippen molar-refractivity contribution in [1.29, 1.82) is 0 Å². The number of esters is 1. The van der Waals surface area contributed by atoms with Gasteiger partial charge in [-0.05, 0) is 30.9 Å². The van der Waals surface area contributed by atoms with Gasteiger partial charge in [0.15, 0.2) is 0 Å². The zero-order valence-electron chi connectivity index (χ0n) is 15.4. The van der Waals surface area contributed by atoms with Crippen molar-refractivity contribution >= 4 is 11.9 Å². The van der Waals surface area contributed by atoms with Gasteiger partial charge in [-0.1, -0.05) is 60.2 Å². The number of rotatable bonds is 4. The molecule has 0 spiro atoms. The first-order valence-electron chi connectivity index (χ1n) is 9.05. The monoisotopic (exact) mass is 351 g/mol. The average Bonchev–Trinajstić information content (AvgIpc) is 2.67. The Kier molecular flexibility index (Phi) is 5.40. The van der Waals surface area contributed by atoms with Gasteiger partial charge in [-0.3, -0.25) is 9.59 Å². The number of carbonyl (C=O) groups excluding carboxylic acids is 2. The van der Waals surface area contributed by atoms with E-state index in [9.17, 15) is 9.59 Å². The van der Waals surface area contributed by atoms with E-state index < -0.39 is 5.41 Å². The number of nitrogens with zero attached hydrogens (tertiary/aromatic N) is 1. The number of amides is 1. The minimum absolute atomic E-state index is 0.0554. The van der Waals surface area contributed by atoms with Crippen LogP contribution in [0.4, 0.5) is 0 Å². The van der Waals surface area contributed by atoms with Crippen LogP contribution in [0.15, 0.2) is 54.6 Å². The summed E-state index contributed by atoms with van der Waals surface area (Å²) >= 11 is 0. The van der Waals surface area contributed by atoms with Crippen molar-refractivity contribution in [3.8, 4) is 0 Å². The van der Waals surface area contributed by atoms with Gasteiger partial charge in [-0.25, -0.2) is 0 Å². The van der Waals surface area contributed by atoms with Gasteiger partial charge in [-0.2, -0.15) is 0 Å². The summed E-state index contributed by atoms with van der Waals surface area (Å²) in [6, 6.07) is 17.8. The summed E-state index contributed by atoms with van der Waals surface area (Å²) in [6.45, 7) is 5.01. The molecule has 0 radical (unpaired) electrons. The summed E-state index contributed by atoms with van der Waals surface area (Å²) in [7, 11) is 0. The molecular weight excluding hydrogens is 326 g/mol. The normalized spacial score (nSPS) is 16.2. The number of piperidine rings is 1. The van der Waals surface area contributed by atoms with E-state index in [0.29, 0.717) is 25.9 Å². The van der Waals surface area contributed by atoms with Crippen molar-refractivity contribution in [2.24, 2.45) is 0 Å². The molecule has 0 aliphatic carbocycles. The Hall–Kier alpha value is -2.62.